The molecule has 3 atom stereocenters. The Morgan fingerprint density at radius 1 is 0.786 bits per heavy atom. The molecule has 1 aliphatic rings. The number of amides is 4. The van der Waals surface area contributed by atoms with E-state index in [1.807, 2.05) is 60.7 Å². The third-order valence-electron chi connectivity index (χ3n) is 6.84. The van der Waals surface area contributed by atoms with E-state index in [4.69, 9.17) is 4.74 Å². The number of aromatic nitrogens is 1. The second-order valence-corrected chi connectivity index (χ2v) is 9.91. The summed E-state index contributed by atoms with van der Waals surface area (Å²) in [4.78, 5) is 69.6. The molecule has 0 saturated carbocycles. The topological polar surface area (TPSA) is 156 Å². The summed E-state index contributed by atoms with van der Waals surface area (Å²) in [5.74, 6) is -2.86. The predicted octanol–water partition coefficient (Wildman–Crippen LogP) is 1.33. The Labute approximate surface area is 243 Å². The van der Waals surface area contributed by atoms with Crippen molar-refractivity contribution in [2.75, 3.05) is 13.7 Å². The average Bonchev–Trinajstić information content (AvgIpc) is 3.01. The van der Waals surface area contributed by atoms with Crippen LogP contribution in [0.25, 0.3) is 0 Å². The molecule has 0 aliphatic carbocycles. The predicted molar refractivity (Wildman–Crippen MR) is 153 cm³/mol. The van der Waals surface area contributed by atoms with Crippen LogP contribution in [-0.4, -0.2) is 66.4 Å². The Hall–Kier alpha value is -5.06. The number of pyridine rings is 1. The monoisotopic (exact) mass is 571 g/mol. The molecule has 4 amide bonds. The third kappa shape index (κ3) is 8.23. The van der Waals surface area contributed by atoms with Gasteiger partial charge in [-0.05, 0) is 30.0 Å². The van der Waals surface area contributed by atoms with Gasteiger partial charge in [0.15, 0.2) is 0 Å². The molecule has 0 saturated heterocycles. The highest BCUT2D eigenvalue weighted by molar-refractivity contribution is 6.02. The molecule has 218 valence electrons. The summed E-state index contributed by atoms with van der Waals surface area (Å²) >= 11 is 0. The Morgan fingerprint density at radius 3 is 1.83 bits per heavy atom. The largest absolute Gasteiger partial charge is 0.467 e. The van der Waals surface area contributed by atoms with Gasteiger partial charge in [0, 0.05) is 31.8 Å². The first-order chi connectivity index (χ1) is 20.3. The number of hydrogen-bond acceptors (Lipinski definition) is 7. The van der Waals surface area contributed by atoms with Gasteiger partial charge in [0.25, 0.3) is 11.8 Å². The van der Waals surface area contributed by atoms with Gasteiger partial charge < -0.3 is 26.0 Å². The number of benzene rings is 2. The summed E-state index contributed by atoms with van der Waals surface area (Å²) in [5.41, 5.74) is 1.75. The Morgan fingerprint density at radius 2 is 1.31 bits per heavy atom. The Balaban J connectivity index is 1.64. The van der Waals surface area contributed by atoms with Gasteiger partial charge in [-0.15, -0.1) is 0 Å². The first-order valence-electron chi connectivity index (χ1n) is 13.6. The van der Waals surface area contributed by atoms with Crippen molar-refractivity contribution in [3.8, 4) is 0 Å². The average molecular weight is 572 g/mol. The van der Waals surface area contributed by atoms with Gasteiger partial charge in [-0.2, -0.15) is 0 Å². The second-order valence-electron chi connectivity index (χ2n) is 9.91. The summed E-state index contributed by atoms with van der Waals surface area (Å²) in [5, 5.41) is 11.0. The smallest absolute Gasteiger partial charge is 0.328 e. The van der Waals surface area contributed by atoms with Gasteiger partial charge in [0.1, 0.15) is 18.1 Å². The van der Waals surface area contributed by atoms with Crippen LogP contribution in [0.3, 0.4) is 0 Å². The molecule has 1 aliphatic heterocycles. The van der Waals surface area contributed by atoms with Gasteiger partial charge in [-0.3, -0.25) is 24.2 Å². The quantitative estimate of drug-likeness (QED) is 0.337. The van der Waals surface area contributed by atoms with E-state index >= 15 is 0 Å². The SMILES string of the molecule is COC(=O)[C@@H]1CCCNC(=O)[C@H](Cc2ccccc2)NC(=O)c2cncc(c2)C(=O)N[C@@H](Cc2ccccc2)C(=O)N1. The molecule has 0 spiro atoms. The lowest BCUT2D eigenvalue weighted by Gasteiger charge is -2.22. The normalized spacial score (nSPS) is 20.3. The van der Waals surface area contributed by atoms with E-state index in [9.17, 15) is 24.0 Å². The van der Waals surface area contributed by atoms with Crippen LogP contribution in [0.5, 0.6) is 0 Å². The number of carbonyl (C=O) groups excluding carboxylic acids is 5. The van der Waals surface area contributed by atoms with Crippen LogP contribution in [-0.2, 0) is 32.0 Å². The molecule has 4 rings (SSSR count). The van der Waals surface area contributed by atoms with Crippen LogP contribution in [0.15, 0.2) is 79.1 Å². The van der Waals surface area contributed by atoms with Crippen LogP contribution in [0.1, 0.15) is 44.7 Å². The molecule has 0 unspecified atom stereocenters. The zero-order valence-corrected chi connectivity index (χ0v) is 23.2. The minimum atomic E-state index is -1.05. The maximum absolute atomic E-state index is 13.4. The van der Waals surface area contributed by atoms with Crippen LogP contribution in [0.4, 0.5) is 0 Å². The fourth-order valence-electron chi connectivity index (χ4n) is 4.59. The molecule has 11 heteroatoms. The number of esters is 1. The van der Waals surface area contributed by atoms with Crippen LogP contribution >= 0.6 is 0 Å². The summed E-state index contributed by atoms with van der Waals surface area (Å²) in [6, 6.07) is 16.7. The number of rotatable bonds is 5. The van der Waals surface area contributed by atoms with Gasteiger partial charge >= 0.3 is 5.97 Å². The zero-order chi connectivity index (χ0) is 29.9. The number of fused-ring (bicyclic) bond motifs is 2. The lowest BCUT2D eigenvalue weighted by Crippen LogP contribution is -2.52. The van der Waals surface area contributed by atoms with E-state index in [2.05, 4.69) is 26.3 Å². The minimum absolute atomic E-state index is 0.0476. The number of hydrogen-bond donors (Lipinski definition) is 4. The van der Waals surface area contributed by atoms with Gasteiger partial charge in [0.05, 0.1) is 18.2 Å². The first-order valence-corrected chi connectivity index (χ1v) is 13.6. The highest BCUT2D eigenvalue weighted by Crippen LogP contribution is 2.11. The highest BCUT2D eigenvalue weighted by Gasteiger charge is 2.29. The summed E-state index contributed by atoms with van der Waals surface area (Å²) < 4.78 is 4.90. The van der Waals surface area contributed by atoms with Crippen molar-refractivity contribution in [3.63, 3.8) is 0 Å². The molecule has 11 nitrogen and oxygen atoms in total. The van der Waals surface area contributed by atoms with Crippen LogP contribution < -0.4 is 21.3 Å². The lowest BCUT2D eigenvalue weighted by molar-refractivity contribution is -0.145. The Kier molecular flexibility index (Phi) is 10.4. The molecule has 4 N–H and O–H groups in total. The van der Waals surface area contributed by atoms with Gasteiger partial charge in [-0.1, -0.05) is 60.7 Å². The molecule has 42 heavy (non-hydrogen) atoms. The van der Waals surface area contributed by atoms with E-state index in [0.717, 1.165) is 11.1 Å². The van der Waals surface area contributed by atoms with Crippen LogP contribution in [0, 0.1) is 0 Å². The van der Waals surface area contributed by atoms with Crippen molar-refractivity contribution in [3.05, 3.63) is 101 Å². The summed E-state index contributed by atoms with van der Waals surface area (Å²) in [7, 11) is 1.22. The minimum Gasteiger partial charge on any atom is -0.467 e. The fourth-order valence-corrected chi connectivity index (χ4v) is 4.59. The van der Waals surface area contributed by atoms with E-state index in [1.54, 1.807) is 0 Å². The third-order valence-corrected chi connectivity index (χ3v) is 6.84. The molecule has 0 fully saturated rings. The molecule has 1 aromatic heterocycles. The highest BCUT2D eigenvalue weighted by atomic mass is 16.5. The van der Waals surface area contributed by atoms with Crippen molar-refractivity contribution < 1.29 is 28.7 Å². The molecule has 2 bridgehead atoms. The van der Waals surface area contributed by atoms with E-state index in [1.165, 1.54) is 25.6 Å². The van der Waals surface area contributed by atoms with E-state index in [-0.39, 0.29) is 36.9 Å². The first kappa shape index (κ1) is 29.9. The second kappa shape index (κ2) is 14.5. The molecule has 2 aromatic carbocycles. The Bertz CT molecular complexity index is 1420. The number of nitrogens with one attached hydrogen (secondary N) is 4. The van der Waals surface area contributed by atoms with Crippen molar-refractivity contribution >= 4 is 29.6 Å². The van der Waals surface area contributed by atoms with Gasteiger partial charge in [0.2, 0.25) is 11.8 Å². The summed E-state index contributed by atoms with van der Waals surface area (Å²) in [6.45, 7) is 0.185. The standard InChI is InChI=1S/C31H33N5O6/c1-42-31(41)24-13-8-14-33-29(39)25(15-20-9-4-2-5-10-20)35-27(37)22-17-23(19-32-18-22)28(38)36-26(30(40)34-24)16-21-11-6-3-7-12-21/h2-7,9-12,17-19,24-26H,8,13-16H2,1H3,(H,33,39)(H,34,40)(H,35,37)(H,36,38)/t24-,25-,26-/m0/s1. The van der Waals surface area contributed by atoms with E-state index < -0.39 is 47.7 Å². The summed E-state index contributed by atoms with van der Waals surface area (Å²) in [6.07, 6.45) is 3.46. The van der Waals surface area contributed by atoms with Crippen molar-refractivity contribution in [2.24, 2.45) is 0 Å². The maximum atomic E-state index is 13.4. The lowest BCUT2D eigenvalue weighted by atomic mass is 10.0. The fraction of sp³-hybridized carbons (Fsp3) is 0.290. The number of ether oxygens (including phenoxy) is 1. The molecular formula is C31H33N5O6. The molecular weight excluding hydrogens is 538 g/mol. The number of carbonyl (C=O) groups is 5. The molecule has 3 aromatic rings. The van der Waals surface area contributed by atoms with E-state index in [0.29, 0.717) is 6.42 Å². The van der Waals surface area contributed by atoms with Crippen LogP contribution in [0.2, 0.25) is 0 Å². The number of methoxy groups -OCH3 is 1. The van der Waals surface area contributed by atoms with Crippen molar-refractivity contribution in [2.45, 2.75) is 43.8 Å². The van der Waals surface area contributed by atoms with Crippen molar-refractivity contribution in [1.29, 1.82) is 0 Å². The number of nitrogens with zero attached hydrogens (tertiary/aromatic N) is 1. The zero-order valence-electron chi connectivity index (χ0n) is 23.2. The van der Waals surface area contributed by atoms with Gasteiger partial charge in [-0.25, -0.2) is 4.79 Å². The van der Waals surface area contributed by atoms with Crippen molar-refractivity contribution in [1.82, 2.24) is 26.3 Å². The maximum Gasteiger partial charge on any atom is 0.328 e. The molecule has 2 heterocycles. The molecule has 0 radical (unpaired) electrons.